The second-order valence-corrected chi connectivity index (χ2v) is 18.8. The molecule has 14 rings (SSSR count). The topological polar surface area (TPSA) is 16.4 Å². The normalized spacial score (nSPS) is 12.1. The Morgan fingerprint density at radius 2 is 0.750 bits per heavy atom. The first-order valence-electron chi connectivity index (χ1n) is 21.7. The van der Waals surface area contributed by atoms with E-state index in [1.807, 2.05) is 22.7 Å². The van der Waals surface area contributed by atoms with Crippen LogP contribution in [-0.4, -0.2) is 0 Å². The van der Waals surface area contributed by atoms with Crippen LogP contribution in [0, 0.1) is 0 Å². The molecule has 0 amide bonds. The van der Waals surface area contributed by atoms with Crippen molar-refractivity contribution in [3.8, 4) is 22.3 Å². The molecule has 11 aromatic carbocycles. The molecule has 0 spiro atoms. The highest BCUT2D eigenvalue weighted by molar-refractivity contribution is 7.27. The van der Waals surface area contributed by atoms with Crippen molar-refractivity contribution < 1.29 is 4.42 Å². The average Bonchev–Trinajstić information content (AvgIpc) is 4.07. The number of nitrogens with zero attached hydrogens (tertiary/aromatic N) is 1. The highest BCUT2D eigenvalue weighted by Gasteiger charge is 2.23. The largest absolute Gasteiger partial charge is 0.454 e. The summed E-state index contributed by atoms with van der Waals surface area (Å²) in [6, 6.07) is 77.8. The van der Waals surface area contributed by atoms with Gasteiger partial charge in [-0.15, -0.1) is 22.7 Å². The van der Waals surface area contributed by atoms with E-state index in [0.29, 0.717) is 0 Å². The van der Waals surface area contributed by atoms with E-state index in [-0.39, 0.29) is 0 Å². The lowest BCUT2D eigenvalue weighted by molar-refractivity contribution is 0.669. The highest BCUT2D eigenvalue weighted by atomic mass is 32.1. The van der Waals surface area contributed by atoms with Crippen molar-refractivity contribution in [1.82, 2.24) is 0 Å². The van der Waals surface area contributed by atoms with Crippen molar-refractivity contribution in [2.75, 3.05) is 4.90 Å². The molecule has 0 saturated heterocycles. The number of hydrogen-bond acceptors (Lipinski definition) is 4. The fourth-order valence-corrected chi connectivity index (χ4v) is 12.8. The van der Waals surface area contributed by atoms with Gasteiger partial charge in [-0.2, -0.15) is 0 Å². The van der Waals surface area contributed by atoms with Crippen molar-refractivity contribution in [1.29, 1.82) is 0 Å². The third-order valence-corrected chi connectivity index (χ3v) is 15.6. The number of benzene rings is 11. The Kier molecular flexibility index (Phi) is 7.76. The zero-order valence-corrected chi connectivity index (χ0v) is 36.0. The Bertz CT molecular complexity index is 3990. The van der Waals surface area contributed by atoms with E-state index in [1.54, 1.807) is 0 Å². The van der Waals surface area contributed by atoms with Crippen molar-refractivity contribution in [2.24, 2.45) is 0 Å². The number of hydrogen-bond donors (Lipinski definition) is 0. The Labute approximate surface area is 376 Å². The van der Waals surface area contributed by atoms with E-state index in [4.69, 9.17) is 4.42 Å². The molecule has 3 heterocycles. The van der Waals surface area contributed by atoms with Crippen LogP contribution in [0.5, 0.6) is 0 Å². The van der Waals surface area contributed by atoms with Crippen molar-refractivity contribution >= 4 is 134 Å². The predicted molar refractivity (Wildman–Crippen MR) is 278 cm³/mol. The quantitative estimate of drug-likeness (QED) is 0.172. The van der Waals surface area contributed by atoms with Gasteiger partial charge in [-0.3, -0.25) is 0 Å². The number of fused-ring (bicyclic) bond motifs is 15. The second kappa shape index (κ2) is 13.9. The molecule has 0 aliphatic heterocycles. The van der Waals surface area contributed by atoms with Crippen LogP contribution in [0.3, 0.4) is 0 Å². The molecule has 3 aromatic heterocycles. The van der Waals surface area contributed by atoms with Crippen LogP contribution >= 0.6 is 22.7 Å². The molecular formula is C60H35NOS2. The third-order valence-electron chi connectivity index (χ3n) is 13.2. The average molecular weight is 850 g/mol. The zero-order valence-electron chi connectivity index (χ0n) is 34.4. The van der Waals surface area contributed by atoms with Crippen molar-refractivity contribution in [2.45, 2.75) is 0 Å². The summed E-state index contributed by atoms with van der Waals surface area (Å²) in [6.07, 6.45) is 0. The molecule has 0 aliphatic carbocycles. The first-order valence-corrected chi connectivity index (χ1v) is 23.4. The van der Waals surface area contributed by atoms with Gasteiger partial charge in [0.2, 0.25) is 0 Å². The van der Waals surface area contributed by atoms with Gasteiger partial charge in [0, 0.05) is 73.6 Å². The van der Waals surface area contributed by atoms with Crippen LogP contribution in [0.25, 0.3) is 117 Å². The lowest BCUT2D eigenvalue weighted by Gasteiger charge is -2.26. The minimum absolute atomic E-state index is 0.871. The predicted octanol–water partition coefficient (Wildman–Crippen LogP) is 18.6. The SMILES string of the molecule is c1ccc2c(c1)cc(N(c1ccc(-c3cc4ccccc4c4c3sc3ccccc34)cc1)c1ccc(-c3cc4ccccc4c4c3sc3ccccc34)cc1)c1oc3ccccc3c12. The summed E-state index contributed by atoms with van der Waals surface area (Å²) in [6.45, 7) is 0. The summed E-state index contributed by atoms with van der Waals surface area (Å²) >= 11 is 3.77. The van der Waals surface area contributed by atoms with Crippen LogP contribution in [0.4, 0.5) is 17.1 Å². The van der Waals surface area contributed by atoms with Gasteiger partial charge in [-0.1, -0.05) is 152 Å². The van der Waals surface area contributed by atoms with E-state index in [9.17, 15) is 0 Å². The summed E-state index contributed by atoms with van der Waals surface area (Å²) < 4.78 is 12.2. The van der Waals surface area contributed by atoms with E-state index in [1.165, 1.54) is 94.9 Å². The maximum Gasteiger partial charge on any atom is 0.160 e. The summed E-state index contributed by atoms with van der Waals surface area (Å²) in [5, 5.41) is 15.0. The van der Waals surface area contributed by atoms with Crippen LogP contribution in [0.1, 0.15) is 0 Å². The van der Waals surface area contributed by atoms with Gasteiger partial charge in [-0.25, -0.2) is 0 Å². The maximum atomic E-state index is 6.90. The Balaban J connectivity index is 0.979. The minimum atomic E-state index is 0.871. The molecule has 0 atom stereocenters. The van der Waals surface area contributed by atoms with Crippen molar-refractivity contribution in [3.63, 3.8) is 0 Å². The Hall–Kier alpha value is -7.76. The molecule has 14 aromatic rings. The lowest BCUT2D eigenvalue weighted by atomic mass is 9.96. The van der Waals surface area contributed by atoms with Gasteiger partial charge in [0.25, 0.3) is 0 Å². The smallest absolute Gasteiger partial charge is 0.160 e. The molecule has 2 nitrogen and oxygen atoms in total. The van der Waals surface area contributed by atoms with Gasteiger partial charge in [0.15, 0.2) is 5.58 Å². The fourth-order valence-electron chi connectivity index (χ4n) is 10.3. The third kappa shape index (κ3) is 5.30. The molecule has 0 bridgehead atoms. The Morgan fingerprint density at radius 1 is 0.344 bits per heavy atom. The lowest BCUT2D eigenvalue weighted by Crippen LogP contribution is -2.10. The second-order valence-electron chi connectivity index (χ2n) is 16.7. The fraction of sp³-hybridized carbons (Fsp3) is 0. The van der Waals surface area contributed by atoms with E-state index >= 15 is 0 Å². The molecular weight excluding hydrogens is 815 g/mol. The molecule has 0 saturated carbocycles. The molecule has 298 valence electrons. The van der Waals surface area contributed by atoms with E-state index in [2.05, 4.69) is 217 Å². The first kappa shape index (κ1) is 35.8. The molecule has 0 fully saturated rings. The van der Waals surface area contributed by atoms with Gasteiger partial charge in [0.1, 0.15) is 5.58 Å². The number of para-hydroxylation sites is 1. The standard InChI is InChI=1S/C60H35NOS2/c1-5-17-44-38(13-1)33-49(59-56(44)47-20-8-11-23-53(47)63-59)36-25-29-41(30-26-36)61(51-35-40-15-3-4-16-43(40)55-46-19-7-10-22-52(46)62-58(51)55)42-31-27-37(28-32-42)50-34-39-14-2-6-18-45(39)57-48-21-9-12-24-54(48)64-60(50)57/h1-35H. The van der Waals surface area contributed by atoms with E-state index < -0.39 is 0 Å². The number of anilines is 3. The monoisotopic (exact) mass is 849 g/mol. The molecule has 0 aliphatic rings. The first-order chi connectivity index (χ1) is 31.7. The number of thiophene rings is 2. The molecule has 4 heteroatoms. The van der Waals surface area contributed by atoms with Crippen LogP contribution < -0.4 is 4.90 Å². The van der Waals surface area contributed by atoms with Crippen LogP contribution in [0.2, 0.25) is 0 Å². The summed E-state index contributed by atoms with van der Waals surface area (Å²) in [7, 11) is 0. The van der Waals surface area contributed by atoms with Gasteiger partial charge < -0.3 is 9.32 Å². The van der Waals surface area contributed by atoms with Gasteiger partial charge >= 0.3 is 0 Å². The molecule has 0 radical (unpaired) electrons. The molecule has 64 heavy (non-hydrogen) atoms. The van der Waals surface area contributed by atoms with Gasteiger partial charge in [0.05, 0.1) is 5.69 Å². The highest BCUT2D eigenvalue weighted by Crippen LogP contribution is 2.49. The number of rotatable bonds is 5. The maximum absolute atomic E-state index is 6.90. The van der Waals surface area contributed by atoms with Crippen LogP contribution in [0.15, 0.2) is 217 Å². The molecule has 0 N–H and O–H groups in total. The summed E-state index contributed by atoms with van der Waals surface area (Å²) in [4.78, 5) is 2.38. The number of furan rings is 1. The van der Waals surface area contributed by atoms with Gasteiger partial charge in [-0.05, 0) is 104 Å². The molecule has 0 unspecified atom stereocenters. The zero-order chi connectivity index (χ0) is 41.9. The van der Waals surface area contributed by atoms with Crippen LogP contribution in [-0.2, 0) is 0 Å². The van der Waals surface area contributed by atoms with Crippen molar-refractivity contribution in [3.05, 3.63) is 212 Å². The minimum Gasteiger partial charge on any atom is -0.454 e. The summed E-state index contributed by atoms with van der Waals surface area (Å²) in [5.41, 5.74) is 9.76. The summed E-state index contributed by atoms with van der Waals surface area (Å²) in [5.74, 6) is 0. The van der Waals surface area contributed by atoms with E-state index in [0.717, 1.165) is 39.0 Å². The Morgan fingerprint density at radius 3 is 1.27 bits per heavy atom.